The summed E-state index contributed by atoms with van der Waals surface area (Å²) in [6.07, 6.45) is 0. The molecule has 0 radical (unpaired) electrons. The van der Waals surface area contributed by atoms with Gasteiger partial charge in [-0.25, -0.2) is 13.6 Å². The lowest BCUT2D eigenvalue weighted by atomic mass is 10.2. The molecule has 8 nitrogen and oxygen atoms in total. The van der Waals surface area contributed by atoms with Crippen molar-refractivity contribution in [2.24, 2.45) is 10.1 Å². The minimum Gasteiger partial charge on any atom is -0.465 e. The molecule has 1 heterocycles. The topological polar surface area (TPSA) is 121 Å². The average molecular weight is 488 g/mol. The van der Waals surface area contributed by atoms with Gasteiger partial charge in [0.2, 0.25) is 10.0 Å². The highest BCUT2D eigenvalue weighted by Crippen LogP contribution is 2.23. The van der Waals surface area contributed by atoms with Crippen LogP contribution in [0.3, 0.4) is 0 Å². The first kappa shape index (κ1) is 22.4. The maximum Gasteiger partial charge on any atom is 0.326 e. The molecule has 0 spiro atoms. The average Bonchev–Trinajstić information content (AvgIpc) is 2.97. The summed E-state index contributed by atoms with van der Waals surface area (Å²) in [5, 5.41) is 5.69. The molecular weight excluding hydrogens is 473 g/mol. The van der Waals surface area contributed by atoms with Gasteiger partial charge in [0.25, 0.3) is 5.91 Å². The molecule has 0 saturated heterocycles. The number of amides is 1. The van der Waals surface area contributed by atoms with Crippen LogP contribution in [0.1, 0.15) is 17.3 Å². The fourth-order valence-electron chi connectivity index (χ4n) is 2.61. The molecule has 0 aliphatic carbocycles. The third-order valence-electron chi connectivity index (χ3n) is 3.93. The molecule has 12 heteroatoms. The fraction of sp³-hybridized carbons (Fsp3) is 0.167. The Morgan fingerprint density at radius 2 is 1.93 bits per heavy atom. The maximum atomic E-state index is 12.7. The number of esters is 1. The zero-order valence-electron chi connectivity index (χ0n) is 15.5. The number of benzene rings is 2. The second kappa shape index (κ2) is 8.86. The molecular formula is C18H15Cl2N3O5S2. The normalized spacial score (nSPS) is 12.3. The molecule has 2 aromatic carbocycles. The Kier molecular flexibility index (Phi) is 6.63. The number of nitrogens with zero attached hydrogens (tertiary/aromatic N) is 2. The highest BCUT2D eigenvalue weighted by molar-refractivity contribution is 7.89. The second-order valence-electron chi connectivity index (χ2n) is 5.99. The van der Waals surface area contributed by atoms with Crippen molar-refractivity contribution in [2.45, 2.75) is 18.4 Å². The molecule has 30 heavy (non-hydrogen) atoms. The van der Waals surface area contributed by atoms with Crippen molar-refractivity contribution in [3.63, 3.8) is 0 Å². The molecule has 158 valence electrons. The molecule has 0 aliphatic rings. The number of primary sulfonamides is 1. The van der Waals surface area contributed by atoms with Gasteiger partial charge in [-0.1, -0.05) is 34.5 Å². The zero-order valence-corrected chi connectivity index (χ0v) is 18.6. The Bertz CT molecular complexity index is 1330. The molecule has 0 bridgehead atoms. The third kappa shape index (κ3) is 4.90. The molecule has 3 rings (SSSR count). The van der Waals surface area contributed by atoms with Crippen molar-refractivity contribution >= 4 is 66.7 Å². The van der Waals surface area contributed by atoms with E-state index < -0.39 is 21.9 Å². The van der Waals surface area contributed by atoms with Gasteiger partial charge in [0.1, 0.15) is 6.54 Å². The molecule has 0 saturated carbocycles. The lowest BCUT2D eigenvalue weighted by Gasteiger charge is -2.06. The summed E-state index contributed by atoms with van der Waals surface area (Å²) in [6.45, 7) is 1.63. The second-order valence-corrected chi connectivity index (χ2v) is 9.41. The van der Waals surface area contributed by atoms with Crippen molar-refractivity contribution in [1.82, 2.24) is 4.57 Å². The van der Waals surface area contributed by atoms with Gasteiger partial charge in [0.15, 0.2) is 4.80 Å². The van der Waals surface area contributed by atoms with Crippen LogP contribution in [0.25, 0.3) is 10.2 Å². The minimum atomic E-state index is -3.93. The largest absolute Gasteiger partial charge is 0.465 e. The van der Waals surface area contributed by atoms with Crippen molar-refractivity contribution in [3.05, 3.63) is 56.8 Å². The van der Waals surface area contributed by atoms with Gasteiger partial charge in [-0.15, -0.1) is 0 Å². The van der Waals surface area contributed by atoms with Crippen LogP contribution in [0.15, 0.2) is 46.3 Å². The van der Waals surface area contributed by atoms with Crippen LogP contribution < -0.4 is 9.94 Å². The van der Waals surface area contributed by atoms with Crippen LogP contribution in [-0.4, -0.2) is 31.5 Å². The number of halogens is 2. The van der Waals surface area contributed by atoms with Crippen molar-refractivity contribution in [2.75, 3.05) is 6.61 Å². The molecule has 0 aliphatic heterocycles. The van der Waals surface area contributed by atoms with Gasteiger partial charge in [-0.05, 0) is 43.3 Å². The van der Waals surface area contributed by atoms with Crippen LogP contribution >= 0.6 is 34.5 Å². The van der Waals surface area contributed by atoms with Crippen LogP contribution in [0.5, 0.6) is 0 Å². The SMILES string of the molecule is CCOC(=O)Cn1c(=NC(=O)c2ccc(Cl)cc2Cl)sc2cc(S(N)(=O)=O)ccc21. The van der Waals surface area contributed by atoms with Crippen LogP contribution in [0.4, 0.5) is 0 Å². The first-order valence-corrected chi connectivity index (χ1v) is 11.6. The number of nitrogens with two attached hydrogens (primary N) is 1. The van der Waals surface area contributed by atoms with E-state index in [2.05, 4.69) is 4.99 Å². The molecule has 0 unspecified atom stereocenters. The number of ether oxygens (including phenoxy) is 1. The van der Waals surface area contributed by atoms with Crippen LogP contribution in [-0.2, 0) is 26.1 Å². The number of hydrogen-bond donors (Lipinski definition) is 1. The smallest absolute Gasteiger partial charge is 0.326 e. The summed E-state index contributed by atoms with van der Waals surface area (Å²) in [6, 6.07) is 8.53. The summed E-state index contributed by atoms with van der Waals surface area (Å²) in [5.41, 5.74) is 0.626. The summed E-state index contributed by atoms with van der Waals surface area (Å²) >= 11 is 13.0. The monoisotopic (exact) mass is 487 g/mol. The number of fused-ring (bicyclic) bond motifs is 1. The summed E-state index contributed by atoms with van der Waals surface area (Å²) in [7, 11) is -3.93. The number of rotatable bonds is 5. The maximum absolute atomic E-state index is 12.7. The van der Waals surface area contributed by atoms with E-state index in [9.17, 15) is 18.0 Å². The molecule has 3 aromatic rings. The molecule has 1 aromatic heterocycles. The minimum absolute atomic E-state index is 0.0989. The van der Waals surface area contributed by atoms with Gasteiger partial charge in [-0.3, -0.25) is 9.59 Å². The fourth-order valence-corrected chi connectivity index (χ4v) is 4.79. The van der Waals surface area contributed by atoms with Crippen molar-refractivity contribution in [3.8, 4) is 0 Å². The van der Waals surface area contributed by atoms with Crippen molar-refractivity contribution in [1.29, 1.82) is 0 Å². The van der Waals surface area contributed by atoms with E-state index in [4.69, 9.17) is 33.1 Å². The van der Waals surface area contributed by atoms with E-state index in [1.54, 1.807) is 6.92 Å². The Balaban J connectivity index is 2.18. The van der Waals surface area contributed by atoms with E-state index in [-0.39, 0.29) is 33.4 Å². The predicted molar refractivity (Wildman–Crippen MR) is 114 cm³/mol. The van der Waals surface area contributed by atoms with Gasteiger partial charge in [0.05, 0.1) is 32.3 Å². The van der Waals surface area contributed by atoms with Gasteiger partial charge in [0, 0.05) is 5.02 Å². The zero-order chi connectivity index (χ0) is 22.1. The standard InChI is InChI=1S/C18H15Cl2N3O5S2/c1-2-28-16(24)9-23-14-6-4-11(30(21,26)27)8-15(14)29-18(23)22-17(25)12-5-3-10(19)7-13(12)20/h3-8H,2,9H2,1H3,(H2,21,26,27). The first-order valence-electron chi connectivity index (χ1n) is 8.46. The number of hydrogen-bond acceptors (Lipinski definition) is 6. The highest BCUT2D eigenvalue weighted by Gasteiger charge is 2.17. The number of aromatic nitrogens is 1. The van der Waals surface area contributed by atoms with Gasteiger partial charge >= 0.3 is 5.97 Å². The molecule has 1 amide bonds. The van der Waals surface area contributed by atoms with E-state index >= 15 is 0 Å². The molecule has 2 N–H and O–H groups in total. The third-order valence-corrected chi connectivity index (χ3v) is 6.43. The van der Waals surface area contributed by atoms with Crippen molar-refractivity contribution < 1.29 is 22.7 Å². The van der Waals surface area contributed by atoms with E-state index in [0.29, 0.717) is 15.2 Å². The number of thiazole rings is 1. The van der Waals surface area contributed by atoms with Gasteiger partial charge < -0.3 is 9.30 Å². The Labute approximate surface area is 185 Å². The highest BCUT2D eigenvalue weighted by atomic mass is 35.5. The number of carbonyl (C=O) groups is 2. The first-order chi connectivity index (χ1) is 14.1. The van der Waals surface area contributed by atoms with E-state index in [1.165, 1.54) is 41.0 Å². The summed E-state index contributed by atoms with van der Waals surface area (Å²) < 4.78 is 30.2. The number of sulfonamides is 1. The van der Waals surface area contributed by atoms with Crippen LogP contribution in [0.2, 0.25) is 10.0 Å². The summed E-state index contributed by atoms with van der Waals surface area (Å²) in [4.78, 5) is 28.9. The Hall–Kier alpha value is -2.24. The lowest BCUT2D eigenvalue weighted by Crippen LogP contribution is -2.23. The Morgan fingerprint density at radius 1 is 1.20 bits per heavy atom. The van der Waals surface area contributed by atoms with Crippen LogP contribution in [0, 0.1) is 0 Å². The lowest BCUT2D eigenvalue weighted by molar-refractivity contribution is -0.143. The van der Waals surface area contributed by atoms with Gasteiger partial charge in [-0.2, -0.15) is 4.99 Å². The van der Waals surface area contributed by atoms with E-state index in [1.807, 2.05) is 0 Å². The predicted octanol–water partition coefficient (Wildman–Crippen LogP) is 2.96. The number of carbonyl (C=O) groups excluding carboxylic acids is 2. The quantitative estimate of drug-likeness (QED) is 0.554. The molecule has 0 atom stereocenters. The molecule has 0 fully saturated rings. The Morgan fingerprint density at radius 3 is 2.57 bits per heavy atom. The summed E-state index contributed by atoms with van der Waals surface area (Å²) in [5.74, 6) is -1.18. The van der Waals surface area contributed by atoms with E-state index in [0.717, 1.165) is 11.3 Å².